The van der Waals surface area contributed by atoms with Gasteiger partial charge in [-0.05, 0) is 24.7 Å². The number of piperidine rings is 1. The first-order chi connectivity index (χ1) is 12.0. The number of carbonyl (C=O) groups excluding carboxylic acids is 3. The summed E-state index contributed by atoms with van der Waals surface area (Å²) < 4.78 is 5.25. The Morgan fingerprint density at radius 2 is 2.08 bits per heavy atom. The third-order valence-corrected chi connectivity index (χ3v) is 5.74. The number of nitrogens with one attached hydrogen (secondary N) is 1. The Morgan fingerprint density at radius 3 is 2.72 bits per heavy atom. The second-order valence-corrected chi connectivity index (χ2v) is 7.06. The zero-order chi connectivity index (χ0) is 18.0. The highest BCUT2D eigenvalue weighted by Gasteiger charge is 2.55. The van der Waals surface area contributed by atoms with Gasteiger partial charge in [0.15, 0.2) is 6.04 Å². The molecule has 10 heteroatoms. The molecule has 3 aliphatic rings. The van der Waals surface area contributed by atoms with Gasteiger partial charge in [-0.3, -0.25) is 9.59 Å². The molecule has 2 unspecified atom stereocenters. The number of thioether (sulfide) groups is 1. The largest absolute Gasteiger partial charge is 0.479 e. The van der Waals surface area contributed by atoms with Crippen LogP contribution in [0, 0.1) is 0 Å². The van der Waals surface area contributed by atoms with Crippen LogP contribution in [0.15, 0.2) is 11.0 Å². The fraction of sp³-hybridized carbons (Fsp3) is 0.600. The molecule has 0 aromatic heterocycles. The Hall–Kier alpha value is -2.23. The van der Waals surface area contributed by atoms with Crippen molar-refractivity contribution in [3.63, 3.8) is 0 Å². The third kappa shape index (κ3) is 3.30. The second-order valence-electron chi connectivity index (χ2n) is 6.07. The van der Waals surface area contributed by atoms with Crippen LogP contribution in [-0.2, 0) is 19.1 Å². The Labute approximate surface area is 148 Å². The number of likely N-dealkylation sites (tertiary alicyclic amines) is 1. The van der Waals surface area contributed by atoms with E-state index in [9.17, 15) is 24.3 Å². The molecule has 2 N–H and O–H groups in total. The number of rotatable bonds is 5. The van der Waals surface area contributed by atoms with Crippen molar-refractivity contribution in [2.45, 2.75) is 36.7 Å². The number of carboxylic acid groups (broad SMARTS) is 1. The maximum absolute atomic E-state index is 12.1. The molecule has 25 heavy (non-hydrogen) atoms. The van der Waals surface area contributed by atoms with Crippen molar-refractivity contribution in [1.29, 1.82) is 0 Å². The van der Waals surface area contributed by atoms with Gasteiger partial charge in [0.05, 0.1) is 0 Å². The van der Waals surface area contributed by atoms with Gasteiger partial charge >= 0.3 is 12.1 Å². The summed E-state index contributed by atoms with van der Waals surface area (Å²) in [5, 5.41) is 13.0. The number of hydrogen-bond donors (Lipinski definition) is 2. The van der Waals surface area contributed by atoms with E-state index in [1.165, 1.54) is 16.7 Å². The molecular formula is C15H19N3O6S. The molecule has 9 nitrogen and oxygen atoms in total. The molecule has 3 atom stereocenters. The van der Waals surface area contributed by atoms with E-state index in [1.54, 1.807) is 10.3 Å². The van der Waals surface area contributed by atoms with Gasteiger partial charge in [-0.25, -0.2) is 9.59 Å². The van der Waals surface area contributed by atoms with Crippen molar-refractivity contribution >= 4 is 36.1 Å². The van der Waals surface area contributed by atoms with Crippen molar-refractivity contribution < 1.29 is 29.0 Å². The van der Waals surface area contributed by atoms with Gasteiger partial charge in [0.1, 0.15) is 18.0 Å². The number of nitrogens with zero attached hydrogens (tertiary/aromatic N) is 2. The van der Waals surface area contributed by atoms with Gasteiger partial charge in [-0.1, -0.05) is 0 Å². The smallest absolute Gasteiger partial charge is 0.410 e. The van der Waals surface area contributed by atoms with Crippen molar-refractivity contribution in [2.24, 2.45) is 0 Å². The van der Waals surface area contributed by atoms with Crippen LogP contribution in [0.2, 0.25) is 0 Å². The first kappa shape index (κ1) is 17.6. The molecule has 3 heterocycles. The molecule has 2 saturated heterocycles. The van der Waals surface area contributed by atoms with E-state index in [0.29, 0.717) is 25.1 Å². The van der Waals surface area contributed by atoms with Crippen LogP contribution >= 0.6 is 11.8 Å². The van der Waals surface area contributed by atoms with E-state index in [0.717, 1.165) is 19.3 Å². The van der Waals surface area contributed by atoms with Crippen LogP contribution in [0.3, 0.4) is 0 Å². The molecule has 3 amide bonds. The predicted octanol–water partition coefficient (Wildman–Crippen LogP) is -0.0243. The Kier molecular flexibility index (Phi) is 5.16. The quantitative estimate of drug-likeness (QED) is 0.516. The lowest BCUT2D eigenvalue weighted by molar-refractivity contribution is -0.159. The van der Waals surface area contributed by atoms with Crippen LogP contribution in [-0.4, -0.2) is 76.4 Å². The summed E-state index contributed by atoms with van der Waals surface area (Å²) in [6, 6.07) is -1.91. The fourth-order valence-corrected chi connectivity index (χ4v) is 4.46. The molecule has 3 rings (SSSR count). The highest BCUT2D eigenvalue weighted by atomic mass is 32.2. The molecule has 0 aromatic carbocycles. The van der Waals surface area contributed by atoms with E-state index >= 15 is 0 Å². The molecule has 0 aromatic rings. The predicted molar refractivity (Wildman–Crippen MR) is 87.5 cm³/mol. The lowest BCUT2D eigenvalue weighted by atomic mass is 9.98. The van der Waals surface area contributed by atoms with E-state index in [2.05, 4.69) is 5.32 Å². The number of carbonyl (C=O) groups is 4. The van der Waals surface area contributed by atoms with Crippen molar-refractivity contribution in [1.82, 2.24) is 15.1 Å². The molecule has 0 bridgehead atoms. The molecule has 0 radical (unpaired) electrons. The lowest BCUT2D eigenvalue weighted by Crippen LogP contribution is -2.73. The molecule has 2 fully saturated rings. The summed E-state index contributed by atoms with van der Waals surface area (Å²) in [6.07, 6.45) is 2.91. The van der Waals surface area contributed by atoms with Crippen molar-refractivity contribution in [2.75, 3.05) is 19.7 Å². The number of aliphatic carboxylic acids is 1. The topological polar surface area (TPSA) is 116 Å². The van der Waals surface area contributed by atoms with Gasteiger partial charge < -0.3 is 25.0 Å². The third-order valence-electron chi connectivity index (χ3n) is 4.53. The Bertz CT molecular complexity index is 618. The standard InChI is InChI=1S/C15H19N3O6S/c19-8-16-10-12(20)18-11(14(21)22)9(7-25-13(10)18)6-24-15(23)17-4-2-1-3-5-17/h7-8,10-11,13H,1-6H2,(H,16,19)(H,21,22)/t10?,11?,13-/m1/s1. The van der Waals surface area contributed by atoms with Crippen LogP contribution < -0.4 is 5.32 Å². The van der Waals surface area contributed by atoms with Crippen LogP contribution in [0.5, 0.6) is 0 Å². The van der Waals surface area contributed by atoms with Crippen molar-refractivity contribution in [3.8, 4) is 0 Å². The van der Waals surface area contributed by atoms with Crippen LogP contribution in [0.1, 0.15) is 19.3 Å². The normalized spacial score (nSPS) is 28.4. The minimum atomic E-state index is -1.19. The summed E-state index contributed by atoms with van der Waals surface area (Å²) >= 11 is 1.23. The summed E-state index contributed by atoms with van der Waals surface area (Å²) in [6.45, 7) is 1.10. The highest BCUT2D eigenvalue weighted by molar-refractivity contribution is 8.02. The van der Waals surface area contributed by atoms with Gasteiger partial charge in [0.2, 0.25) is 12.3 Å². The molecule has 0 saturated carbocycles. The number of carboxylic acids is 1. The highest BCUT2D eigenvalue weighted by Crippen LogP contribution is 2.39. The first-order valence-corrected chi connectivity index (χ1v) is 8.99. The molecule has 0 spiro atoms. The molecule has 136 valence electrons. The number of ether oxygens (including phenoxy) is 1. The monoisotopic (exact) mass is 369 g/mol. The minimum Gasteiger partial charge on any atom is -0.479 e. The number of β-lactam (4-membered cyclic amide) rings is 1. The Balaban J connectivity index is 1.65. The number of fused-ring (bicyclic) bond motifs is 1. The van der Waals surface area contributed by atoms with Gasteiger partial charge in [0, 0.05) is 18.7 Å². The van der Waals surface area contributed by atoms with E-state index in [-0.39, 0.29) is 6.61 Å². The maximum Gasteiger partial charge on any atom is 0.410 e. The van der Waals surface area contributed by atoms with Crippen LogP contribution in [0.25, 0.3) is 0 Å². The average Bonchev–Trinajstić information content (AvgIpc) is 2.63. The van der Waals surface area contributed by atoms with E-state index in [1.807, 2.05) is 0 Å². The Morgan fingerprint density at radius 1 is 1.36 bits per heavy atom. The lowest BCUT2D eigenvalue weighted by Gasteiger charge is -2.50. The van der Waals surface area contributed by atoms with E-state index in [4.69, 9.17) is 4.74 Å². The summed E-state index contributed by atoms with van der Waals surface area (Å²) in [7, 11) is 0. The summed E-state index contributed by atoms with van der Waals surface area (Å²) in [5.41, 5.74) is 0.344. The number of hydrogen-bond acceptors (Lipinski definition) is 6. The first-order valence-electron chi connectivity index (χ1n) is 8.05. The van der Waals surface area contributed by atoms with Gasteiger partial charge in [-0.2, -0.15) is 0 Å². The summed E-state index contributed by atoms with van der Waals surface area (Å²) in [4.78, 5) is 49.2. The molecule has 3 aliphatic heterocycles. The zero-order valence-corrected chi connectivity index (χ0v) is 14.2. The zero-order valence-electron chi connectivity index (χ0n) is 13.4. The minimum absolute atomic E-state index is 0.179. The van der Waals surface area contributed by atoms with Crippen LogP contribution in [0.4, 0.5) is 4.79 Å². The maximum atomic E-state index is 12.1. The molecular weight excluding hydrogens is 350 g/mol. The average molecular weight is 369 g/mol. The second kappa shape index (κ2) is 7.34. The fourth-order valence-electron chi connectivity index (χ4n) is 3.24. The van der Waals surface area contributed by atoms with Gasteiger partial charge in [0.25, 0.3) is 0 Å². The SMILES string of the molecule is O=CNC1C(=O)N2C(C(=O)O)C(COC(=O)N3CCCCC3)=CS[C@H]12. The van der Waals surface area contributed by atoms with E-state index < -0.39 is 35.4 Å². The molecule has 0 aliphatic carbocycles. The van der Waals surface area contributed by atoms with Crippen molar-refractivity contribution in [3.05, 3.63) is 11.0 Å². The summed E-state index contributed by atoms with van der Waals surface area (Å²) in [5.74, 6) is -1.64. The van der Waals surface area contributed by atoms with Gasteiger partial charge in [-0.15, -0.1) is 11.8 Å². The number of amides is 3.